The molecule has 6 heteroatoms. The first-order valence-corrected chi connectivity index (χ1v) is 6.73. The minimum absolute atomic E-state index is 0.153. The Morgan fingerprint density at radius 2 is 1.91 bits per heavy atom. The first-order valence-electron chi connectivity index (χ1n) is 6.73. The molecule has 0 saturated carbocycles. The van der Waals surface area contributed by atoms with Gasteiger partial charge in [-0.2, -0.15) is 5.10 Å². The molecule has 2 aromatic heterocycles. The van der Waals surface area contributed by atoms with Gasteiger partial charge in [0.1, 0.15) is 11.4 Å². The zero-order chi connectivity index (χ0) is 14.9. The number of nitrogens with zero attached hydrogens (tertiary/aromatic N) is 4. The molecule has 4 rings (SSSR count). The van der Waals surface area contributed by atoms with Crippen molar-refractivity contribution >= 4 is 10.8 Å². The number of rotatable bonds is 2. The predicted molar refractivity (Wildman–Crippen MR) is 82.0 cm³/mol. The second-order valence-electron chi connectivity index (χ2n) is 4.78. The molecule has 0 aliphatic carbocycles. The molecule has 22 heavy (non-hydrogen) atoms. The molecule has 2 aromatic carbocycles. The average Bonchev–Trinajstić information content (AvgIpc) is 3.05. The Balaban J connectivity index is 1.90. The van der Waals surface area contributed by atoms with Crippen LogP contribution < -0.4 is 0 Å². The topological polar surface area (TPSA) is 87.6 Å². The summed E-state index contributed by atoms with van der Waals surface area (Å²) in [6.07, 6.45) is 4.77. The van der Waals surface area contributed by atoms with Gasteiger partial charge in [-0.3, -0.25) is 10.1 Å². The summed E-state index contributed by atoms with van der Waals surface area (Å²) >= 11 is 0. The Kier molecular flexibility index (Phi) is 2.79. The van der Waals surface area contributed by atoms with Crippen LogP contribution in [0.4, 0.5) is 0 Å². The van der Waals surface area contributed by atoms with Gasteiger partial charge in [0.25, 0.3) is 0 Å². The first kappa shape index (κ1) is 12.5. The summed E-state index contributed by atoms with van der Waals surface area (Å²) in [5.41, 5.74) is 1.20. The lowest BCUT2D eigenvalue weighted by Gasteiger charge is -2.05. The molecule has 0 saturated heterocycles. The number of hydrogen-bond acceptors (Lipinski definition) is 5. The molecule has 6 nitrogen and oxygen atoms in total. The second-order valence-corrected chi connectivity index (χ2v) is 4.78. The van der Waals surface area contributed by atoms with Gasteiger partial charge in [-0.25, -0.2) is 9.97 Å². The fourth-order valence-corrected chi connectivity index (χ4v) is 2.41. The van der Waals surface area contributed by atoms with Crippen LogP contribution in [0.5, 0.6) is 5.75 Å². The van der Waals surface area contributed by atoms with E-state index in [1.165, 1.54) is 0 Å². The number of aromatic hydroxyl groups is 1. The molecule has 0 fully saturated rings. The zero-order valence-electron chi connectivity index (χ0n) is 11.4. The van der Waals surface area contributed by atoms with Crippen molar-refractivity contribution in [2.45, 2.75) is 0 Å². The largest absolute Gasteiger partial charge is 0.507 e. The molecule has 4 aromatic rings. The van der Waals surface area contributed by atoms with Crippen LogP contribution in [0.2, 0.25) is 0 Å². The van der Waals surface area contributed by atoms with E-state index in [2.05, 4.69) is 25.1 Å². The average molecular weight is 289 g/mol. The Bertz CT molecular complexity index is 949. The van der Waals surface area contributed by atoms with Crippen molar-refractivity contribution in [2.24, 2.45) is 0 Å². The Morgan fingerprint density at radius 3 is 2.77 bits per heavy atom. The van der Waals surface area contributed by atoms with Crippen molar-refractivity contribution in [3.05, 3.63) is 55.0 Å². The maximum absolute atomic E-state index is 10.2. The van der Waals surface area contributed by atoms with Gasteiger partial charge in [0.05, 0.1) is 11.8 Å². The molecular formula is C16H11N5O. The first-order chi connectivity index (χ1) is 10.8. The van der Waals surface area contributed by atoms with Crippen LogP contribution >= 0.6 is 0 Å². The van der Waals surface area contributed by atoms with Gasteiger partial charge in [0, 0.05) is 12.4 Å². The van der Waals surface area contributed by atoms with Crippen LogP contribution in [0.25, 0.3) is 33.7 Å². The molecule has 0 bridgehead atoms. The SMILES string of the molecule is Oc1ccc2ccccc2c1-c1nc(-c2cnccn2)n[nH]1. The number of fused-ring (bicyclic) bond motifs is 1. The number of phenols is 1. The molecule has 0 atom stereocenters. The van der Waals surface area contributed by atoms with E-state index in [1.807, 2.05) is 30.3 Å². The van der Waals surface area contributed by atoms with Gasteiger partial charge in [-0.1, -0.05) is 30.3 Å². The van der Waals surface area contributed by atoms with Crippen LogP contribution in [-0.4, -0.2) is 30.3 Å². The molecule has 0 radical (unpaired) electrons. The van der Waals surface area contributed by atoms with E-state index < -0.39 is 0 Å². The van der Waals surface area contributed by atoms with Gasteiger partial charge < -0.3 is 5.11 Å². The quantitative estimate of drug-likeness (QED) is 0.592. The van der Waals surface area contributed by atoms with E-state index in [4.69, 9.17) is 0 Å². The number of aromatic nitrogens is 5. The van der Waals surface area contributed by atoms with E-state index in [0.717, 1.165) is 10.8 Å². The summed E-state index contributed by atoms with van der Waals surface area (Å²) in [5.74, 6) is 1.09. The van der Waals surface area contributed by atoms with Crippen molar-refractivity contribution in [3.8, 4) is 28.7 Å². The molecule has 0 aliphatic rings. The van der Waals surface area contributed by atoms with Crippen LogP contribution in [0.3, 0.4) is 0 Å². The third-order valence-corrected chi connectivity index (χ3v) is 3.42. The molecule has 0 unspecified atom stereocenters. The summed E-state index contributed by atoms with van der Waals surface area (Å²) in [4.78, 5) is 12.6. The van der Waals surface area contributed by atoms with E-state index >= 15 is 0 Å². The summed E-state index contributed by atoms with van der Waals surface area (Å²) in [6.45, 7) is 0. The van der Waals surface area contributed by atoms with E-state index in [0.29, 0.717) is 22.9 Å². The second kappa shape index (κ2) is 4.92. The van der Waals surface area contributed by atoms with Crippen LogP contribution in [0, 0.1) is 0 Å². The van der Waals surface area contributed by atoms with Crippen LogP contribution in [-0.2, 0) is 0 Å². The van der Waals surface area contributed by atoms with Crippen molar-refractivity contribution in [2.75, 3.05) is 0 Å². The van der Waals surface area contributed by atoms with Gasteiger partial charge in [0.2, 0.25) is 5.82 Å². The number of benzene rings is 2. The highest BCUT2D eigenvalue weighted by Crippen LogP contribution is 2.34. The number of H-pyrrole nitrogens is 1. The third-order valence-electron chi connectivity index (χ3n) is 3.42. The smallest absolute Gasteiger partial charge is 0.201 e. The van der Waals surface area contributed by atoms with Gasteiger partial charge >= 0.3 is 0 Å². The normalized spacial score (nSPS) is 10.9. The van der Waals surface area contributed by atoms with Crippen molar-refractivity contribution in [1.29, 1.82) is 0 Å². The fourth-order valence-electron chi connectivity index (χ4n) is 2.41. The highest BCUT2D eigenvalue weighted by molar-refractivity contribution is 5.98. The fraction of sp³-hybridized carbons (Fsp3) is 0. The van der Waals surface area contributed by atoms with Crippen molar-refractivity contribution < 1.29 is 5.11 Å². The van der Waals surface area contributed by atoms with Crippen LogP contribution in [0.15, 0.2) is 55.0 Å². The van der Waals surface area contributed by atoms with E-state index in [9.17, 15) is 5.11 Å². The highest BCUT2D eigenvalue weighted by atomic mass is 16.3. The molecule has 2 heterocycles. The van der Waals surface area contributed by atoms with Gasteiger partial charge in [-0.15, -0.1) is 0 Å². The standard InChI is InChI=1S/C16H11N5O/c22-13-6-5-10-3-1-2-4-11(10)14(13)16-19-15(20-21-16)12-9-17-7-8-18-12/h1-9,22H,(H,19,20,21). The number of aromatic amines is 1. The molecular weight excluding hydrogens is 278 g/mol. The minimum Gasteiger partial charge on any atom is -0.507 e. The monoisotopic (exact) mass is 289 g/mol. The number of phenolic OH excluding ortho intramolecular Hbond substituents is 1. The highest BCUT2D eigenvalue weighted by Gasteiger charge is 2.15. The van der Waals surface area contributed by atoms with Crippen LogP contribution in [0.1, 0.15) is 0 Å². The van der Waals surface area contributed by atoms with Gasteiger partial charge in [-0.05, 0) is 16.8 Å². The molecule has 2 N–H and O–H groups in total. The van der Waals surface area contributed by atoms with Crippen molar-refractivity contribution in [3.63, 3.8) is 0 Å². The lowest BCUT2D eigenvalue weighted by molar-refractivity contribution is 0.477. The minimum atomic E-state index is 0.153. The van der Waals surface area contributed by atoms with E-state index in [1.54, 1.807) is 24.7 Å². The number of nitrogens with one attached hydrogen (secondary N) is 1. The molecule has 0 amide bonds. The lowest BCUT2D eigenvalue weighted by atomic mass is 10.0. The summed E-state index contributed by atoms with van der Waals surface area (Å²) < 4.78 is 0. The zero-order valence-corrected chi connectivity index (χ0v) is 11.4. The Labute approximate surface area is 125 Å². The lowest BCUT2D eigenvalue weighted by Crippen LogP contribution is -1.87. The third kappa shape index (κ3) is 1.98. The molecule has 106 valence electrons. The Hall–Kier alpha value is -3.28. The number of hydrogen-bond donors (Lipinski definition) is 2. The Morgan fingerprint density at radius 1 is 1.00 bits per heavy atom. The summed E-state index contributed by atoms with van der Waals surface area (Å²) in [5, 5.41) is 19.2. The molecule has 0 aliphatic heterocycles. The molecule has 0 spiro atoms. The summed E-state index contributed by atoms with van der Waals surface area (Å²) in [7, 11) is 0. The predicted octanol–water partition coefficient (Wildman–Crippen LogP) is 2.79. The maximum atomic E-state index is 10.2. The van der Waals surface area contributed by atoms with Crippen molar-refractivity contribution in [1.82, 2.24) is 25.1 Å². The van der Waals surface area contributed by atoms with E-state index in [-0.39, 0.29) is 5.75 Å². The maximum Gasteiger partial charge on any atom is 0.201 e. The summed E-state index contributed by atoms with van der Waals surface area (Å²) in [6, 6.07) is 11.3. The van der Waals surface area contributed by atoms with Gasteiger partial charge in [0.15, 0.2) is 5.82 Å².